The first kappa shape index (κ1) is 16.3. The highest BCUT2D eigenvalue weighted by Crippen LogP contribution is 2.29. The summed E-state index contributed by atoms with van der Waals surface area (Å²) in [7, 11) is 0. The zero-order valence-corrected chi connectivity index (χ0v) is 12.9. The molecule has 0 fully saturated rings. The van der Waals surface area contributed by atoms with Gasteiger partial charge in [0.1, 0.15) is 5.76 Å². The van der Waals surface area contributed by atoms with Gasteiger partial charge in [0.05, 0.1) is 11.5 Å². The Labute approximate surface area is 128 Å². The molecule has 2 rings (SSSR count). The van der Waals surface area contributed by atoms with Crippen LogP contribution in [0.2, 0.25) is 0 Å². The molecule has 0 saturated carbocycles. The van der Waals surface area contributed by atoms with Gasteiger partial charge in [-0.25, -0.2) is 0 Å². The number of nitrogens with one attached hydrogen (secondary N) is 1. The van der Waals surface area contributed by atoms with E-state index in [0.29, 0.717) is 36.1 Å². The second kappa shape index (κ2) is 6.77. The molecule has 6 heteroatoms. The number of fused-ring (bicyclic) bond motifs is 1. The number of carbonyl (C=O) groups excluding carboxylic acids is 2. The Bertz CT molecular complexity index is 602. The number of carboxylic acid groups (broad SMARTS) is 1. The van der Waals surface area contributed by atoms with Gasteiger partial charge in [-0.3, -0.25) is 14.4 Å². The molecule has 1 amide bonds. The SMILES string of the molecule is CCCC(CNC(=O)c1oc2c(c1C)C(=O)CCC2)C(=O)O. The predicted molar refractivity (Wildman–Crippen MR) is 79.1 cm³/mol. The normalized spacial score (nSPS) is 15.3. The van der Waals surface area contributed by atoms with Crippen LogP contribution in [0.1, 0.15) is 64.8 Å². The molecule has 1 unspecified atom stereocenters. The first-order chi connectivity index (χ1) is 10.5. The van der Waals surface area contributed by atoms with E-state index < -0.39 is 17.8 Å². The fourth-order valence-corrected chi connectivity index (χ4v) is 2.82. The molecule has 1 aliphatic rings. The molecule has 0 bridgehead atoms. The molecule has 1 aromatic heterocycles. The topological polar surface area (TPSA) is 96.6 Å². The highest BCUT2D eigenvalue weighted by Gasteiger charge is 2.29. The number of amides is 1. The summed E-state index contributed by atoms with van der Waals surface area (Å²) in [5.74, 6) is -1.28. The number of aliphatic carboxylic acids is 1. The monoisotopic (exact) mass is 307 g/mol. The standard InChI is InChI=1S/C16H21NO5/c1-3-5-10(16(20)21)8-17-15(19)14-9(2)13-11(18)6-4-7-12(13)22-14/h10H,3-8H2,1-2H3,(H,17,19)(H,20,21). The molecule has 1 aliphatic carbocycles. The van der Waals surface area contributed by atoms with E-state index in [4.69, 9.17) is 9.52 Å². The van der Waals surface area contributed by atoms with E-state index in [1.54, 1.807) is 6.92 Å². The van der Waals surface area contributed by atoms with Crippen molar-refractivity contribution >= 4 is 17.7 Å². The van der Waals surface area contributed by atoms with Gasteiger partial charge in [0.2, 0.25) is 0 Å². The van der Waals surface area contributed by atoms with Crippen LogP contribution in [-0.4, -0.2) is 29.3 Å². The molecular formula is C16H21NO5. The summed E-state index contributed by atoms with van der Waals surface area (Å²) < 4.78 is 5.54. The van der Waals surface area contributed by atoms with Gasteiger partial charge in [-0.2, -0.15) is 0 Å². The van der Waals surface area contributed by atoms with Crippen LogP contribution >= 0.6 is 0 Å². The number of carbonyl (C=O) groups is 3. The van der Waals surface area contributed by atoms with Crippen molar-refractivity contribution in [2.45, 2.75) is 46.0 Å². The van der Waals surface area contributed by atoms with Crippen molar-refractivity contribution in [2.75, 3.05) is 6.54 Å². The average molecular weight is 307 g/mol. The van der Waals surface area contributed by atoms with E-state index in [0.717, 1.165) is 12.8 Å². The van der Waals surface area contributed by atoms with Crippen molar-refractivity contribution in [3.05, 3.63) is 22.6 Å². The molecular weight excluding hydrogens is 286 g/mol. The van der Waals surface area contributed by atoms with E-state index in [2.05, 4.69) is 5.32 Å². The quantitative estimate of drug-likeness (QED) is 0.840. The molecule has 1 heterocycles. The number of furan rings is 1. The zero-order valence-electron chi connectivity index (χ0n) is 12.9. The van der Waals surface area contributed by atoms with Crippen molar-refractivity contribution in [1.82, 2.24) is 5.32 Å². The van der Waals surface area contributed by atoms with Gasteiger partial charge < -0.3 is 14.8 Å². The fraction of sp³-hybridized carbons (Fsp3) is 0.562. The minimum absolute atomic E-state index is 0.0101. The summed E-state index contributed by atoms with van der Waals surface area (Å²) in [4.78, 5) is 35.2. The van der Waals surface area contributed by atoms with Crippen LogP contribution in [0.25, 0.3) is 0 Å². The lowest BCUT2D eigenvalue weighted by Crippen LogP contribution is -2.33. The minimum Gasteiger partial charge on any atom is -0.481 e. The zero-order chi connectivity index (χ0) is 16.3. The Balaban J connectivity index is 2.10. The average Bonchev–Trinajstić information content (AvgIpc) is 2.81. The molecule has 0 spiro atoms. The molecule has 22 heavy (non-hydrogen) atoms. The third-order valence-corrected chi connectivity index (χ3v) is 4.01. The van der Waals surface area contributed by atoms with E-state index >= 15 is 0 Å². The summed E-state index contributed by atoms with van der Waals surface area (Å²) in [6, 6.07) is 0. The van der Waals surface area contributed by atoms with Crippen LogP contribution in [-0.2, 0) is 11.2 Å². The highest BCUT2D eigenvalue weighted by molar-refractivity contribution is 6.03. The summed E-state index contributed by atoms with van der Waals surface area (Å²) in [5, 5.41) is 11.7. The molecule has 1 atom stereocenters. The second-order valence-electron chi connectivity index (χ2n) is 5.66. The Morgan fingerprint density at radius 1 is 1.36 bits per heavy atom. The Morgan fingerprint density at radius 3 is 2.68 bits per heavy atom. The molecule has 6 nitrogen and oxygen atoms in total. The second-order valence-corrected chi connectivity index (χ2v) is 5.66. The van der Waals surface area contributed by atoms with Crippen molar-refractivity contribution in [3.63, 3.8) is 0 Å². The lowest BCUT2D eigenvalue weighted by Gasteiger charge is -2.11. The molecule has 0 aromatic carbocycles. The van der Waals surface area contributed by atoms with E-state index in [9.17, 15) is 14.4 Å². The van der Waals surface area contributed by atoms with Crippen LogP contribution in [0, 0.1) is 12.8 Å². The molecule has 0 radical (unpaired) electrons. The summed E-state index contributed by atoms with van der Waals surface area (Å²) in [6.07, 6.45) is 3.10. The van der Waals surface area contributed by atoms with Gasteiger partial charge in [-0.05, 0) is 19.8 Å². The van der Waals surface area contributed by atoms with Crippen molar-refractivity contribution < 1.29 is 23.9 Å². The lowest BCUT2D eigenvalue weighted by molar-refractivity contribution is -0.141. The Kier molecular flexibility index (Phi) is 5.00. The number of Topliss-reactive ketones (excluding diaryl/α,β-unsaturated/α-hetero) is 1. The molecule has 2 N–H and O–H groups in total. The summed E-state index contributed by atoms with van der Waals surface area (Å²) >= 11 is 0. The first-order valence-corrected chi connectivity index (χ1v) is 7.62. The van der Waals surface area contributed by atoms with Crippen LogP contribution in [0.4, 0.5) is 0 Å². The Morgan fingerprint density at radius 2 is 2.09 bits per heavy atom. The summed E-state index contributed by atoms with van der Waals surface area (Å²) in [6.45, 7) is 3.65. The highest BCUT2D eigenvalue weighted by atomic mass is 16.4. The minimum atomic E-state index is -0.923. The summed E-state index contributed by atoms with van der Waals surface area (Å²) in [5.41, 5.74) is 1.08. The van der Waals surface area contributed by atoms with Crippen molar-refractivity contribution in [1.29, 1.82) is 0 Å². The number of ketones is 1. The maximum Gasteiger partial charge on any atom is 0.308 e. The smallest absolute Gasteiger partial charge is 0.308 e. The van der Waals surface area contributed by atoms with Gasteiger partial charge in [0.15, 0.2) is 11.5 Å². The molecule has 0 aliphatic heterocycles. The maximum atomic E-state index is 12.2. The first-order valence-electron chi connectivity index (χ1n) is 7.62. The van der Waals surface area contributed by atoms with Gasteiger partial charge in [-0.1, -0.05) is 13.3 Å². The lowest BCUT2D eigenvalue weighted by atomic mass is 9.94. The van der Waals surface area contributed by atoms with E-state index in [1.807, 2.05) is 6.92 Å². The fourth-order valence-electron chi connectivity index (χ4n) is 2.82. The number of hydrogen-bond donors (Lipinski definition) is 2. The van der Waals surface area contributed by atoms with E-state index in [1.165, 1.54) is 0 Å². The number of aryl methyl sites for hydroxylation is 1. The Hall–Kier alpha value is -2.11. The molecule has 0 saturated heterocycles. The third-order valence-electron chi connectivity index (χ3n) is 4.01. The number of hydrogen-bond acceptors (Lipinski definition) is 4. The molecule has 120 valence electrons. The van der Waals surface area contributed by atoms with E-state index in [-0.39, 0.29) is 18.1 Å². The van der Waals surface area contributed by atoms with Gasteiger partial charge >= 0.3 is 5.97 Å². The van der Waals surface area contributed by atoms with Crippen molar-refractivity contribution in [3.8, 4) is 0 Å². The van der Waals surface area contributed by atoms with Gasteiger partial charge in [0, 0.05) is 24.9 Å². The molecule has 1 aromatic rings. The van der Waals surface area contributed by atoms with Crippen molar-refractivity contribution in [2.24, 2.45) is 5.92 Å². The van der Waals surface area contributed by atoms with Crippen LogP contribution in [0.5, 0.6) is 0 Å². The van der Waals surface area contributed by atoms with Gasteiger partial charge in [0.25, 0.3) is 5.91 Å². The maximum absolute atomic E-state index is 12.2. The third kappa shape index (κ3) is 3.21. The number of carboxylic acids is 1. The van der Waals surface area contributed by atoms with Gasteiger partial charge in [-0.15, -0.1) is 0 Å². The largest absolute Gasteiger partial charge is 0.481 e. The van der Waals surface area contributed by atoms with Crippen LogP contribution in [0.15, 0.2) is 4.42 Å². The number of rotatable bonds is 6. The van der Waals surface area contributed by atoms with Crippen LogP contribution in [0.3, 0.4) is 0 Å². The van der Waals surface area contributed by atoms with Crippen LogP contribution < -0.4 is 5.32 Å². The predicted octanol–water partition coefficient (Wildman–Crippen LogP) is 2.34.